The fourth-order valence-electron chi connectivity index (χ4n) is 3.46. The van der Waals surface area contributed by atoms with Gasteiger partial charge >= 0.3 is 6.18 Å². The molecular weight excluding hydrogens is 367 g/mol. The summed E-state index contributed by atoms with van der Waals surface area (Å²) in [5.41, 5.74) is -0.338. The predicted molar refractivity (Wildman–Crippen MR) is 92.2 cm³/mol. The predicted octanol–water partition coefficient (Wildman–Crippen LogP) is 3.93. The van der Waals surface area contributed by atoms with Gasteiger partial charge in [0.15, 0.2) is 0 Å². The number of aliphatic hydroxyl groups excluding tert-OH is 1. The average Bonchev–Trinajstić information content (AvgIpc) is 2.55. The van der Waals surface area contributed by atoms with Crippen molar-refractivity contribution in [3.63, 3.8) is 0 Å². The van der Waals surface area contributed by atoms with Crippen LogP contribution in [0.15, 0.2) is 23.1 Å². The molecule has 1 saturated heterocycles. The fourth-order valence-corrected chi connectivity index (χ4v) is 4.16. The Labute approximate surface area is 154 Å². The summed E-state index contributed by atoms with van der Waals surface area (Å²) in [5.74, 6) is -0.536. The number of alkyl halides is 3. The molecule has 2 heterocycles. The summed E-state index contributed by atoms with van der Waals surface area (Å²) in [6.07, 6.45) is -3.16. The van der Waals surface area contributed by atoms with Gasteiger partial charge in [-0.15, -0.1) is 11.8 Å². The minimum atomic E-state index is -4.26. The van der Waals surface area contributed by atoms with Crippen molar-refractivity contribution in [2.24, 2.45) is 0 Å². The smallest absolute Gasteiger partial charge is 0.398 e. The lowest BCUT2D eigenvalue weighted by atomic mass is 9.84. The number of ether oxygens (including phenoxy) is 1. The zero-order valence-electron chi connectivity index (χ0n) is 14.7. The Kier molecular flexibility index (Phi) is 5.18. The third-order valence-electron chi connectivity index (χ3n) is 4.78. The Morgan fingerprint density at radius 1 is 1.35 bits per heavy atom. The van der Waals surface area contributed by atoms with Crippen LogP contribution in [0.5, 0.6) is 5.75 Å². The van der Waals surface area contributed by atoms with Crippen LogP contribution in [-0.2, 0) is 4.79 Å². The van der Waals surface area contributed by atoms with Crippen molar-refractivity contribution in [2.45, 2.75) is 61.9 Å². The monoisotopic (exact) mass is 389 g/mol. The number of likely N-dealkylation sites (tertiary alicyclic amines) is 1. The molecule has 1 aromatic carbocycles. The van der Waals surface area contributed by atoms with E-state index in [4.69, 9.17) is 4.74 Å². The molecule has 144 valence electrons. The Morgan fingerprint density at radius 3 is 2.73 bits per heavy atom. The molecule has 0 radical (unpaired) electrons. The van der Waals surface area contributed by atoms with E-state index < -0.39 is 29.7 Å². The second-order valence-electron chi connectivity index (χ2n) is 7.24. The van der Waals surface area contributed by atoms with Crippen LogP contribution in [0.1, 0.15) is 44.7 Å². The van der Waals surface area contributed by atoms with Gasteiger partial charge in [-0.2, -0.15) is 13.2 Å². The van der Waals surface area contributed by atoms with Gasteiger partial charge in [0.25, 0.3) is 0 Å². The van der Waals surface area contributed by atoms with E-state index in [1.807, 2.05) is 0 Å². The van der Waals surface area contributed by atoms with E-state index in [0.717, 1.165) is 12.8 Å². The molecule has 2 aliphatic heterocycles. The summed E-state index contributed by atoms with van der Waals surface area (Å²) in [5, 5.41) is 10.9. The second kappa shape index (κ2) is 6.96. The highest BCUT2D eigenvalue weighted by Crippen LogP contribution is 2.45. The first-order chi connectivity index (χ1) is 12.1. The number of carbonyl (C=O) groups is 1. The number of halogens is 3. The van der Waals surface area contributed by atoms with E-state index in [9.17, 15) is 23.1 Å². The number of thioether (sulfide) groups is 1. The molecule has 3 rings (SSSR count). The van der Waals surface area contributed by atoms with Crippen molar-refractivity contribution < 1.29 is 27.8 Å². The van der Waals surface area contributed by atoms with Crippen LogP contribution in [0.2, 0.25) is 0 Å². The summed E-state index contributed by atoms with van der Waals surface area (Å²) >= 11 is 0.685. The van der Waals surface area contributed by atoms with E-state index >= 15 is 0 Å². The minimum absolute atomic E-state index is 0.0442. The van der Waals surface area contributed by atoms with Crippen LogP contribution in [0, 0.1) is 0 Å². The quantitative estimate of drug-likeness (QED) is 0.796. The van der Waals surface area contributed by atoms with E-state index in [0.29, 0.717) is 40.9 Å². The van der Waals surface area contributed by atoms with Crippen molar-refractivity contribution in [3.8, 4) is 5.75 Å². The highest BCUT2D eigenvalue weighted by atomic mass is 32.2. The van der Waals surface area contributed by atoms with Gasteiger partial charge < -0.3 is 14.7 Å². The lowest BCUT2D eigenvalue weighted by Gasteiger charge is -2.47. The molecule has 1 N–H and O–H groups in total. The standard InChI is InChI=1S/C18H22F3NO3S/c1-17(2)16(24)15(22-8-4-3-5-14(22)23)12-9-11(6-7-13(12)25-17)26-10-18(19,20)21/h6-7,9,15-16,24H,3-5,8,10H2,1-2H3/t15-,16+/m1/s1. The van der Waals surface area contributed by atoms with Gasteiger partial charge in [0.2, 0.25) is 5.91 Å². The molecule has 1 aromatic rings. The zero-order chi connectivity index (χ0) is 19.1. The third-order valence-corrected chi connectivity index (χ3v) is 5.84. The van der Waals surface area contributed by atoms with Gasteiger partial charge in [0, 0.05) is 23.4 Å². The largest absolute Gasteiger partial charge is 0.485 e. The van der Waals surface area contributed by atoms with Gasteiger partial charge in [0.05, 0.1) is 11.8 Å². The zero-order valence-corrected chi connectivity index (χ0v) is 15.5. The number of piperidine rings is 1. The van der Waals surface area contributed by atoms with E-state index in [1.165, 1.54) is 0 Å². The lowest BCUT2D eigenvalue weighted by molar-refractivity contribution is -0.147. The van der Waals surface area contributed by atoms with Crippen LogP contribution in [0.25, 0.3) is 0 Å². The summed E-state index contributed by atoms with van der Waals surface area (Å²) in [4.78, 5) is 14.5. The third kappa shape index (κ3) is 3.96. The number of aliphatic hydroxyl groups is 1. The maximum absolute atomic E-state index is 12.5. The maximum atomic E-state index is 12.5. The van der Waals surface area contributed by atoms with Crippen molar-refractivity contribution >= 4 is 17.7 Å². The topological polar surface area (TPSA) is 49.8 Å². The van der Waals surface area contributed by atoms with Gasteiger partial charge in [-0.25, -0.2) is 0 Å². The molecule has 0 unspecified atom stereocenters. The van der Waals surface area contributed by atoms with Gasteiger partial charge in [-0.1, -0.05) is 0 Å². The molecule has 2 aliphatic rings. The van der Waals surface area contributed by atoms with Crippen LogP contribution >= 0.6 is 11.8 Å². The second-order valence-corrected chi connectivity index (χ2v) is 8.29. The number of rotatable bonds is 3. The average molecular weight is 389 g/mol. The highest BCUT2D eigenvalue weighted by molar-refractivity contribution is 7.99. The molecule has 26 heavy (non-hydrogen) atoms. The molecule has 0 aromatic heterocycles. The SMILES string of the molecule is CC1(C)Oc2ccc(SCC(F)(F)F)cc2[C@@H](N2CCCCC2=O)[C@@H]1O. The van der Waals surface area contributed by atoms with E-state index in [-0.39, 0.29) is 5.91 Å². The first-order valence-electron chi connectivity index (χ1n) is 8.58. The summed E-state index contributed by atoms with van der Waals surface area (Å²) in [6.45, 7) is 4.01. The Bertz CT molecular complexity index is 693. The maximum Gasteiger partial charge on any atom is 0.398 e. The number of amides is 1. The summed E-state index contributed by atoms with van der Waals surface area (Å²) in [7, 11) is 0. The summed E-state index contributed by atoms with van der Waals surface area (Å²) in [6, 6.07) is 4.20. The molecule has 2 atom stereocenters. The van der Waals surface area contributed by atoms with Crippen molar-refractivity contribution in [3.05, 3.63) is 23.8 Å². The Balaban J connectivity index is 1.97. The highest BCUT2D eigenvalue weighted by Gasteiger charge is 2.47. The van der Waals surface area contributed by atoms with Crippen molar-refractivity contribution in [1.82, 2.24) is 4.90 Å². The van der Waals surface area contributed by atoms with Crippen LogP contribution in [-0.4, -0.2) is 46.1 Å². The van der Waals surface area contributed by atoms with Crippen molar-refractivity contribution in [2.75, 3.05) is 12.3 Å². The number of fused-ring (bicyclic) bond motifs is 1. The van der Waals surface area contributed by atoms with Crippen LogP contribution < -0.4 is 4.74 Å². The summed E-state index contributed by atoms with van der Waals surface area (Å²) < 4.78 is 43.4. The number of hydrogen-bond donors (Lipinski definition) is 1. The van der Waals surface area contributed by atoms with Gasteiger partial charge in [0.1, 0.15) is 17.5 Å². The molecule has 4 nitrogen and oxygen atoms in total. The number of hydrogen-bond acceptors (Lipinski definition) is 4. The first-order valence-corrected chi connectivity index (χ1v) is 9.57. The first kappa shape index (κ1) is 19.4. The van der Waals surface area contributed by atoms with Gasteiger partial charge in [-0.3, -0.25) is 4.79 Å². The van der Waals surface area contributed by atoms with E-state index in [2.05, 4.69) is 0 Å². The fraction of sp³-hybridized carbons (Fsp3) is 0.611. The van der Waals surface area contributed by atoms with E-state index in [1.54, 1.807) is 36.9 Å². The minimum Gasteiger partial charge on any atom is -0.485 e. The van der Waals surface area contributed by atoms with Gasteiger partial charge in [-0.05, 0) is 44.9 Å². The molecule has 8 heteroatoms. The van der Waals surface area contributed by atoms with Crippen molar-refractivity contribution in [1.29, 1.82) is 0 Å². The number of nitrogens with zero attached hydrogens (tertiary/aromatic N) is 1. The molecule has 1 amide bonds. The molecule has 0 aliphatic carbocycles. The Hall–Kier alpha value is -1.41. The molecule has 0 bridgehead atoms. The Morgan fingerprint density at radius 2 is 2.08 bits per heavy atom. The normalized spacial score (nSPS) is 25.6. The number of carbonyl (C=O) groups excluding carboxylic acids is 1. The lowest BCUT2D eigenvalue weighted by Crippen LogP contribution is -2.55. The molecule has 0 saturated carbocycles. The van der Waals surface area contributed by atoms with Crippen LogP contribution in [0.3, 0.4) is 0 Å². The van der Waals surface area contributed by atoms with Crippen LogP contribution in [0.4, 0.5) is 13.2 Å². The molecule has 1 fully saturated rings. The number of benzene rings is 1. The molecule has 0 spiro atoms. The molecular formula is C18H22F3NO3S.